The molecule has 0 spiro atoms. The SMILES string of the molecule is CC(C)[Si](C#Cc1c2cc3cc(F)sc3cc2c(C#C[Si](C(C)C)(C(C)C)C(C)C)c2cc3c(F)c(F)c(F)c(F)c3cc12)(C(C)C)C(C)C. The van der Waals surface area contributed by atoms with E-state index in [9.17, 15) is 13.2 Å². The van der Waals surface area contributed by atoms with Crippen LogP contribution in [-0.2, 0) is 0 Å². The average Bonchev–Trinajstić information content (AvgIpc) is 3.40. The Morgan fingerprint density at radius 3 is 1.14 bits per heavy atom. The lowest BCUT2D eigenvalue weighted by Gasteiger charge is -2.38. The predicted molar refractivity (Wildman–Crippen MR) is 210 cm³/mol. The highest BCUT2D eigenvalue weighted by Gasteiger charge is 2.43. The number of benzene rings is 4. The van der Waals surface area contributed by atoms with Crippen LogP contribution in [0.4, 0.5) is 22.0 Å². The van der Waals surface area contributed by atoms with E-state index >= 15 is 8.78 Å². The van der Waals surface area contributed by atoms with Gasteiger partial charge in [0.2, 0.25) is 0 Å². The summed E-state index contributed by atoms with van der Waals surface area (Å²) in [5.41, 5.74) is 10.6. The second kappa shape index (κ2) is 13.8. The molecule has 5 aromatic rings. The molecule has 0 atom stereocenters. The van der Waals surface area contributed by atoms with E-state index in [1.165, 1.54) is 18.2 Å². The zero-order valence-electron chi connectivity index (χ0n) is 31.1. The van der Waals surface area contributed by atoms with Crippen LogP contribution in [0.3, 0.4) is 0 Å². The first-order valence-corrected chi connectivity index (χ1v) is 22.9. The summed E-state index contributed by atoms with van der Waals surface area (Å²) in [6.07, 6.45) is 0. The highest BCUT2D eigenvalue weighted by Crippen LogP contribution is 2.44. The van der Waals surface area contributed by atoms with Crippen molar-refractivity contribution in [3.8, 4) is 22.9 Å². The zero-order valence-corrected chi connectivity index (χ0v) is 34.0. The summed E-state index contributed by atoms with van der Waals surface area (Å²) >= 11 is 1.03. The number of hydrogen-bond donors (Lipinski definition) is 0. The largest absolute Gasteiger partial charge is 0.203 e. The van der Waals surface area contributed by atoms with Gasteiger partial charge in [0.15, 0.2) is 28.4 Å². The normalized spacial score (nSPS) is 12.9. The van der Waals surface area contributed by atoms with Crippen LogP contribution in [0.1, 0.15) is 94.2 Å². The topological polar surface area (TPSA) is 0 Å². The van der Waals surface area contributed by atoms with Gasteiger partial charge in [-0.15, -0.1) is 22.4 Å². The van der Waals surface area contributed by atoms with Gasteiger partial charge in [-0.3, -0.25) is 0 Å². The minimum absolute atomic E-state index is 0.320. The molecule has 0 aliphatic rings. The van der Waals surface area contributed by atoms with Crippen molar-refractivity contribution in [2.24, 2.45) is 0 Å². The van der Waals surface area contributed by atoms with E-state index in [0.29, 0.717) is 65.9 Å². The molecule has 0 N–H and O–H groups in total. The minimum atomic E-state index is -2.30. The minimum Gasteiger partial charge on any atom is -0.203 e. The molecule has 0 bridgehead atoms. The Bertz CT molecular complexity index is 2070. The molecule has 0 fully saturated rings. The van der Waals surface area contributed by atoms with Crippen molar-refractivity contribution in [3.63, 3.8) is 0 Å². The van der Waals surface area contributed by atoms with E-state index in [1.54, 1.807) is 0 Å². The predicted octanol–water partition coefficient (Wildman–Crippen LogP) is 14.2. The Morgan fingerprint density at radius 1 is 0.440 bits per heavy atom. The summed E-state index contributed by atoms with van der Waals surface area (Å²) in [6.45, 7) is 26.6. The molecule has 5 rings (SSSR count). The molecule has 0 nitrogen and oxygen atoms in total. The molecule has 0 saturated carbocycles. The van der Waals surface area contributed by atoms with Crippen molar-refractivity contribution in [1.29, 1.82) is 0 Å². The standard InChI is InChI=1S/C42H47F5SSi2/c1-22(2)49(23(3)4,24(5)6)15-13-29-31-17-28-18-38(43)48-37(28)21-34(31)30(14-16-50(25(7)8,26(9)10)27(11)12)33-20-36-35(19-32(29)33)39(44)41(46)42(47)40(36)45/h17-27H,1-12H3. The molecular formula is C42H47F5SSi2. The fourth-order valence-corrected chi connectivity index (χ4v) is 20.3. The monoisotopic (exact) mass is 734 g/mol. The van der Waals surface area contributed by atoms with Gasteiger partial charge in [0.25, 0.3) is 0 Å². The lowest BCUT2D eigenvalue weighted by molar-refractivity contribution is 0.418. The van der Waals surface area contributed by atoms with Crippen LogP contribution >= 0.6 is 11.3 Å². The smallest absolute Gasteiger partial charge is 0.198 e. The molecule has 8 heteroatoms. The molecular weight excluding hydrogens is 688 g/mol. The third-order valence-electron chi connectivity index (χ3n) is 11.5. The van der Waals surface area contributed by atoms with Gasteiger partial charge in [-0.1, -0.05) is 94.9 Å². The van der Waals surface area contributed by atoms with Gasteiger partial charge in [-0.25, -0.2) is 17.6 Å². The van der Waals surface area contributed by atoms with Crippen LogP contribution in [0.25, 0.3) is 42.4 Å². The number of thiophene rings is 1. The third kappa shape index (κ3) is 5.90. The second-order valence-corrected chi connectivity index (χ2v) is 27.9. The van der Waals surface area contributed by atoms with E-state index in [4.69, 9.17) is 0 Å². The third-order valence-corrected chi connectivity index (χ3v) is 24.9. The number of halogens is 5. The Kier molecular flexibility index (Phi) is 10.5. The van der Waals surface area contributed by atoms with E-state index in [-0.39, 0.29) is 15.9 Å². The van der Waals surface area contributed by atoms with Crippen LogP contribution in [-0.4, -0.2) is 16.1 Å². The molecule has 1 aromatic heterocycles. The number of fused-ring (bicyclic) bond motifs is 4. The lowest BCUT2D eigenvalue weighted by Crippen LogP contribution is -2.43. The van der Waals surface area contributed by atoms with Crippen LogP contribution in [0.15, 0.2) is 30.3 Å². The number of hydrogen-bond acceptors (Lipinski definition) is 1. The summed E-state index contributed by atoms with van der Waals surface area (Å²) in [7, 11) is -4.60. The molecule has 264 valence electrons. The van der Waals surface area contributed by atoms with E-state index in [2.05, 4.69) is 106 Å². The van der Waals surface area contributed by atoms with Gasteiger partial charge in [0.1, 0.15) is 16.1 Å². The zero-order chi connectivity index (χ0) is 37.2. The summed E-state index contributed by atoms with van der Waals surface area (Å²) in [5.74, 6) is 0.509. The molecule has 50 heavy (non-hydrogen) atoms. The molecule has 0 aliphatic carbocycles. The van der Waals surface area contributed by atoms with Crippen LogP contribution < -0.4 is 0 Å². The summed E-state index contributed by atoms with van der Waals surface area (Å²) < 4.78 is 75.9. The number of rotatable bonds is 6. The van der Waals surface area contributed by atoms with E-state index < -0.39 is 39.4 Å². The second-order valence-electron chi connectivity index (χ2n) is 15.7. The van der Waals surface area contributed by atoms with Crippen LogP contribution in [0, 0.1) is 51.3 Å². The first-order chi connectivity index (χ1) is 23.3. The van der Waals surface area contributed by atoms with Crippen molar-refractivity contribution in [2.75, 3.05) is 0 Å². The highest BCUT2D eigenvalue weighted by molar-refractivity contribution is 7.17. The maximum absolute atomic E-state index is 15.5. The first-order valence-electron chi connectivity index (χ1n) is 17.7. The summed E-state index contributed by atoms with van der Waals surface area (Å²) in [5, 5.41) is 2.02. The molecule has 0 unspecified atom stereocenters. The van der Waals surface area contributed by atoms with Crippen molar-refractivity contribution in [1.82, 2.24) is 0 Å². The van der Waals surface area contributed by atoms with Gasteiger partial charge in [-0.05, 0) is 85.1 Å². The van der Waals surface area contributed by atoms with Gasteiger partial charge >= 0.3 is 0 Å². The molecule has 0 amide bonds. The van der Waals surface area contributed by atoms with Gasteiger partial charge in [0, 0.05) is 32.0 Å². The Hall–Kier alpha value is -3.18. The molecule has 0 radical (unpaired) electrons. The molecule has 0 saturated heterocycles. The van der Waals surface area contributed by atoms with E-state index in [0.717, 1.165) is 21.4 Å². The lowest BCUT2D eigenvalue weighted by atomic mass is 9.89. The average molecular weight is 735 g/mol. The Balaban J connectivity index is 2.11. The highest BCUT2D eigenvalue weighted by atomic mass is 32.1. The van der Waals surface area contributed by atoms with Crippen LogP contribution in [0.5, 0.6) is 0 Å². The summed E-state index contributed by atoms with van der Waals surface area (Å²) in [6, 6.07) is 8.12. The van der Waals surface area contributed by atoms with Gasteiger partial charge in [-0.2, -0.15) is 4.39 Å². The molecule has 4 aromatic carbocycles. The maximum Gasteiger partial charge on any atom is 0.198 e. The quantitative estimate of drug-likeness (QED) is 0.0407. The van der Waals surface area contributed by atoms with Gasteiger partial charge in [0.05, 0.1) is 0 Å². The molecule has 1 heterocycles. The van der Waals surface area contributed by atoms with Gasteiger partial charge < -0.3 is 0 Å². The fraction of sp³-hybridized carbons (Fsp3) is 0.429. The first kappa shape index (κ1) is 38.1. The fourth-order valence-electron chi connectivity index (χ4n) is 9.04. The van der Waals surface area contributed by atoms with E-state index in [1.807, 2.05) is 12.1 Å². The Morgan fingerprint density at radius 2 is 0.780 bits per heavy atom. The molecule has 0 aliphatic heterocycles. The maximum atomic E-state index is 15.5. The van der Waals surface area contributed by atoms with Crippen LogP contribution in [0.2, 0.25) is 33.2 Å². The Labute approximate surface area is 299 Å². The van der Waals surface area contributed by atoms with Crippen molar-refractivity contribution >= 4 is 69.9 Å². The van der Waals surface area contributed by atoms with Crippen molar-refractivity contribution in [2.45, 2.75) is 116 Å². The van der Waals surface area contributed by atoms with Crippen molar-refractivity contribution in [3.05, 3.63) is 69.9 Å². The summed E-state index contributed by atoms with van der Waals surface area (Å²) in [4.78, 5) is 0. The van der Waals surface area contributed by atoms with Crippen molar-refractivity contribution < 1.29 is 22.0 Å².